The molecule has 0 fully saturated rings. The summed E-state index contributed by atoms with van der Waals surface area (Å²) in [5, 5.41) is 3.08. The number of nitrogens with two attached hydrogens (primary N) is 1. The number of pyridine rings is 1. The van der Waals surface area contributed by atoms with Gasteiger partial charge in [0.1, 0.15) is 11.0 Å². The molecule has 2 rings (SSSR count). The lowest BCUT2D eigenvalue weighted by molar-refractivity contribution is 0.0595. The van der Waals surface area contributed by atoms with Crippen LogP contribution in [-0.4, -0.2) is 18.1 Å². The summed E-state index contributed by atoms with van der Waals surface area (Å²) < 4.78 is 18.2. The number of hydrogen-bond donors (Lipinski definition) is 2. The van der Waals surface area contributed by atoms with E-state index in [-0.39, 0.29) is 10.7 Å². The van der Waals surface area contributed by atoms with Gasteiger partial charge in [-0.25, -0.2) is 14.2 Å². The maximum Gasteiger partial charge on any atom is 0.340 e. The summed E-state index contributed by atoms with van der Waals surface area (Å²) in [7, 11) is 1.19. The van der Waals surface area contributed by atoms with Gasteiger partial charge in [-0.1, -0.05) is 11.6 Å². The highest BCUT2D eigenvalue weighted by Crippen LogP contribution is 2.24. The van der Waals surface area contributed by atoms with Crippen LogP contribution in [0.15, 0.2) is 30.3 Å². The van der Waals surface area contributed by atoms with Gasteiger partial charge < -0.3 is 15.8 Å². The zero-order valence-corrected chi connectivity index (χ0v) is 11.2. The molecule has 5 nitrogen and oxygen atoms in total. The molecular weight excluding hydrogens is 285 g/mol. The highest BCUT2D eigenvalue weighted by molar-refractivity contribution is 6.29. The van der Waals surface area contributed by atoms with Crippen LogP contribution in [0.1, 0.15) is 10.4 Å². The van der Waals surface area contributed by atoms with E-state index < -0.39 is 11.8 Å². The van der Waals surface area contributed by atoms with Gasteiger partial charge in [-0.3, -0.25) is 0 Å². The van der Waals surface area contributed by atoms with Crippen LogP contribution >= 0.6 is 11.6 Å². The Morgan fingerprint density at radius 2 is 2.15 bits per heavy atom. The molecule has 7 heteroatoms. The molecule has 1 heterocycles. The molecule has 20 heavy (non-hydrogen) atoms. The second-order valence-electron chi connectivity index (χ2n) is 3.88. The van der Waals surface area contributed by atoms with Crippen LogP contribution in [0, 0.1) is 5.82 Å². The van der Waals surface area contributed by atoms with E-state index in [0.29, 0.717) is 17.2 Å². The third kappa shape index (κ3) is 2.97. The van der Waals surface area contributed by atoms with Crippen LogP contribution in [0.4, 0.5) is 21.6 Å². The molecule has 0 saturated carbocycles. The van der Waals surface area contributed by atoms with Crippen LogP contribution in [0.5, 0.6) is 0 Å². The minimum atomic E-state index is -0.741. The molecule has 0 aliphatic carbocycles. The Bertz CT molecular complexity index is 664. The van der Waals surface area contributed by atoms with Gasteiger partial charge in [0.2, 0.25) is 0 Å². The standard InChI is InChI=1S/C13H11ClFN3O2/c1-20-13(19)8-3-2-7(6-9(8)15)17-12-10(16)4-5-11(14)18-12/h2-6H,16H2,1H3,(H,17,18). The molecule has 0 saturated heterocycles. The van der Waals surface area contributed by atoms with Crippen molar-refractivity contribution in [3.8, 4) is 0 Å². The normalized spacial score (nSPS) is 10.2. The first-order valence-corrected chi connectivity index (χ1v) is 5.96. The van der Waals surface area contributed by atoms with Gasteiger partial charge in [0.25, 0.3) is 0 Å². The van der Waals surface area contributed by atoms with Gasteiger partial charge in [0, 0.05) is 5.69 Å². The first-order valence-electron chi connectivity index (χ1n) is 5.58. The summed E-state index contributed by atoms with van der Waals surface area (Å²) in [5.74, 6) is -1.14. The van der Waals surface area contributed by atoms with Crippen molar-refractivity contribution >= 4 is 34.8 Å². The van der Waals surface area contributed by atoms with Crippen LogP contribution in [-0.2, 0) is 4.74 Å². The molecule has 104 valence electrons. The Hall–Kier alpha value is -2.34. The second-order valence-corrected chi connectivity index (χ2v) is 4.27. The number of anilines is 3. The summed E-state index contributed by atoms with van der Waals surface area (Å²) >= 11 is 5.76. The van der Waals surface area contributed by atoms with Crippen molar-refractivity contribution in [2.45, 2.75) is 0 Å². The lowest BCUT2D eigenvalue weighted by Gasteiger charge is -2.09. The maximum atomic E-state index is 13.8. The van der Waals surface area contributed by atoms with Crippen LogP contribution in [0.3, 0.4) is 0 Å². The highest BCUT2D eigenvalue weighted by Gasteiger charge is 2.13. The molecule has 0 atom stereocenters. The smallest absolute Gasteiger partial charge is 0.340 e. The Morgan fingerprint density at radius 3 is 2.80 bits per heavy atom. The number of nitrogens with zero attached hydrogens (tertiary/aromatic N) is 1. The van der Waals surface area contributed by atoms with Gasteiger partial charge in [-0.2, -0.15) is 0 Å². The Morgan fingerprint density at radius 1 is 1.40 bits per heavy atom. The van der Waals surface area contributed by atoms with Crippen molar-refractivity contribution in [3.63, 3.8) is 0 Å². The lowest BCUT2D eigenvalue weighted by atomic mass is 10.2. The second kappa shape index (κ2) is 5.75. The first kappa shape index (κ1) is 14.1. The van der Waals surface area contributed by atoms with E-state index in [4.69, 9.17) is 17.3 Å². The van der Waals surface area contributed by atoms with Crippen molar-refractivity contribution in [2.24, 2.45) is 0 Å². The van der Waals surface area contributed by atoms with Crippen LogP contribution < -0.4 is 11.1 Å². The van der Waals surface area contributed by atoms with Gasteiger partial charge in [-0.15, -0.1) is 0 Å². The summed E-state index contributed by atoms with van der Waals surface area (Å²) in [6.07, 6.45) is 0. The zero-order valence-electron chi connectivity index (χ0n) is 10.5. The number of benzene rings is 1. The number of rotatable bonds is 3. The van der Waals surface area contributed by atoms with E-state index in [2.05, 4.69) is 15.0 Å². The molecule has 0 amide bonds. The number of carbonyl (C=O) groups is 1. The first-order chi connectivity index (χ1) is 9.51. The molecule has 0 bridgehead atoms. The van der Waals surface area contributed by atoms with Gasteiger partial charge in [0.15, 0.2) is 5.82 Å². The zero-order chi connectivity index (χ0) is 14.7. The average Bonchev–Trinajstić information content (AvgIpc) is 2.42. The van der Waals surface area contributed by atoms with E-state index in [1.807, 2.05) is 0 Å². The fourth-order valence-electron chi connectivity index (χ4n) is 1.55. The Labute approximate surface area is 119 Å². The van der Waals surface area contributed by atoms with Gasteiger partial charge in [0.05, 0.1) is 18.4 Å². The fraction of sp³-hybridized carbons (Fsp3) is 0.0769. The van der Waals surface area contributed by atoms with E-state index in [1.165, 1.54) is 19.2 Å². The Balaban J connectivity index is 2.29. The van der Waals surface area contributed by atoms with Gasteiger partial charge in [-0.05, 0) is 30.3 Å². The summed E-state index contributed by atoms with van der Waals surface area (Å²) in [5.41, 5.74) is 6.33. The number of aromatic nitrogens is 1. The predicted octanol–water partition coefficient (Wildman–Crippen LogP) is 2.99. The fourth-order valence-corrected chi connectivity index (χ4v) is 1.70. The molecule has 0 unspecified atom stereocenters. The van der Waals surface area contributed by atoms with E-state index in [9.17, 15) is 9.18 Å². The molecule has 2 aromatic rings. The third-order valence-corrected chi connectivity index (χ3v) is 2.74. The minimum Gasteiger partial charge on any atom is -0.465 e. The number of nitrogens with one attached hydrogen (secondary N) is 1. The SMILES string of the molecule is COC(=O)c1ccc(Nc2nc(Cl)ccc2N)cc1F. The highest BCUT2D eigenvalue weighted by atomic mass is 35.5. The van der Waals surface area contributed by atoms with E-state index >= 15 is 0 Å². The molecule has 1 aromatic heterocycles. The third-order valence-electron chi connectivity index (χ3n) is 2.53. The van der Waals surface area contributed by atoms with E-state index in [0.717, 1.165) is 6.07 Å². The minimum absolute atomic E-state index is 0.148. The Kier molecular flexibility index (Phi) is 4.05. The van der Waals surface area contributed by atoms with Gasteiger partial charge >= 0.3 is 5.97 Å². The average molecular weight is 296 g/mol. The molecule has 0 radical (unpaired) electrons. The largest absolute Gasteiger partial charge is 0.465 e. The number of carbonyl (C=O) groups excluding carboxylic acids is 1. The summed E-state index contributed by atoms with van der Waals surface area (Å²) in [6, 6.07) is 7.09. The maximum absolute atomic E-state index is 13.8. The summed E-state index contributed by atoms with van der Waals surface area (Å²) in [6.45, 7) is 0. The number of halogens is 2. The molecule has 1 aromatic carbocycles. The molecule has 0 spiro atoms. The van der Waals surface area contributed by atoms with Crippen molar-refractivity contribution in [1.29, 1.82) is 0 Å². The molecule has 0 aliphatic rings. The van der Waals surface area contributed by atoms with Crippen molar-refractivity contribution in [1.82, 2.24) is 4.98 Å². The quantitative estimate of drug-likeness (QED) is 0.672. The number of esters is 1. The number of ether oxygens (including phenoxy) is 1. The van der Waals surface area contributed by atoms with Crippen molar-refractivity contribution in [2.75, 3.05) is 18.2 Å². The van der Waals surface area contributed by atoms with Crippen molar-refractivity contribution < 1.29 is 13.9 Å². The number of nitrogen functional groups attached to an aromatic ring is 1. The molecule has 3 N–H and O–H groups in total. The summed E-state index contributed by atoms with van der Waals surface area (Å²) in [4.78, 5) is 15.3. The topological polar surface area (TPSA) is 77.2 Å². The molecular formula is C13H11ClFN3O2. The van der Waals surface area contributed by atoms with Crippen LogP contribution in [0.25, 0.3) is 0 Å². The number of methoxy groups -OCH3 is 1. The van der Waals surface area contributed by atoms with Crippen LogP contribution in [0.2, 0.25) is 5.15 Å². The predicted molar refractivity (Wildman–Crippen MR) is 74.7 cm³/mol. The lowest BCUT2D eigenvalue weighted by Crippen LogP contribution is -2.05. The molecule has 0 aliphatic heterocycles. The van der Waals surface area contributed by atoms with E-state index in [1.54, 1.807) is 12.1 Å². The number of hydrogen-bond acceptors (Lipinski definition) is 5. The monoisotopic (exact) mass is 295 g/mol. The van der Waals surface area contributed by atoms with Crippen molar-refractivity contribution in [3.05, 3.63) is 46.9 Å².